The number of aryl methyl sites for hydroxylation is 1. The molecule has 0 aliphatic carbocycles. The van der Waals surface area contributed by atoms with Crippen LogP contribution in [-0.2, 0) is 20.6 Å². The van der Waals surface area contributed by atoms with Crippen molar-refractivity contribution in [3.63, 3.8) is 0 Å². The maximum Gasteiger partial charge on any atom is 0.332 e. The molecule has 1 atom stereocenters. The van der Waals surface area contributed by atoms with Gasteiger partial charge in [0.15, 0.2) is 0 Å². The molecule has 3 aromatic rings. The number of fused-ring (bicyclic) bond motifs is 1. The van der Waals surface area contributed by atoms with Crippen LogP contribution in [0.4, 0.5) is 0 Å². The zero-order chi connectivity index (χ0) is 19.0. The van der Waals surface area contributed by atoms with E-state index in [4.69, 9.17) is 4.98 Å². The molecule has 1 aliphatic heterocycles. The molecule has 0 radical (unpaired) electrons. The Labute approximate surface area is 156 Å². The van der Waals surface area contributed by atoms with Crippen LogP contribution in [0.15, 0.2) is 46.1 Å². The SMILES string of the molecule is Cn1c(=O)c2ccc(C3CCCN(Cc4ccccn4)C3)nc2n(C)c1=O. The summed E-state index contributed by atoms with van der Waals surface area (Å²) < 4.78 is 2.58. The molecule has 1 aliphatic rings. The lowest BCUT2D eigenvalue weighted by molar-refractivity contribution is 0.196. The van der Waals surface area contributed by atoms with Crippen molar-refractivity contribution < 1.29 is 0 Å². The van der Waals surface area contributed by atoms with Gasteiger partial charge in [-0.15, -0.1) is 0 Å². The highest BCUT2D eigenvalue weighted by atomic mass is 16.2. The Bertz CT molecular complexity index is 1090. The van der Waals surface area contributed by atoms with Gasteiger partial charge in [-0.25, -0.2) is 9.78 Å². The highest BCUT2D eigenvalue weighted by Crippen LogP contribution is 2.27. The maximum absolute atomic E-state index is 12.3. The van der Waals surface area contributed by atoms with E-state index in [0.717, 1.165) is 48.4 Å². The van der Waals surface area contributed by atoms with E-state index in [1.54, 1.807) is 13.1 Å². The first-order chi connectivity index (χ1) is 13.0. The van der Waals surface area contributed by atoms with Gasteiger partial charge in [-0.3, -0.25) is 23.8 Å². The Morgan fingerprint density at radius 2 is 1.96 bits per heavy atom. The highest BCUT2D eigenvalue weighted by Gasteiger charge is 2.23. The zero-order valence-electron chi connectivity index (χ0n) is 15.6. The van der Waals surface area contributed by atoms with Gasteiger partial charge in [0.1, 0.15) is 5.65 Å². The minimum Gasteiger partial charge on any atom is -0.297 e. The van der Waals surface area contributed by atoms with Gasteiger partial charge in [0, 0.05) is 45.0 Å². The molecule has 140 valence electrons. The Morgan fingerprint density at radius 3 is 2.74 bits per heavy atom. The average molecular weight is 365 g/mol. The third-order valence-electron chi connectivity index (χ3n) is 5.36. The molecule has 0 saturated carbocycles. The van der Waals surface area contributed by atoms with E-state index in [0.29, 0.717) is 11.0 Å². The van der Waals surface area contributed by atoms with E-state index in [2.05, 4.69) is 9.88 Å². The van der Waals surface area contributed by atoms with Crippen molar-refractivity contribution in [2.75, 3.05) is 13.1 Å². The van der Waals surface area contributed by atoms with Gasteiger partial charge in [0.05, 0.1) is 11.1 Å². The van der Waals surface area contributed by atoms with Gasteiger partial charge in [-0.2, -0.15) is 0 Å². The fourth-order valence-corrected chi connectivity index (χ4v) is 3.86. The van der Waals surface area contributed by atoms with Crippen LogP contribution < -0.4 is 11.2 Å². The third-order valence-corrected chi connectivity index (χ3v) is 5.36. The fraction of sp³-hybridized carbons (Fsp3) is 0.400. The molecule has 7 nitrogen and oxygen atoms in total. The van der Waals surface area contributed by atoms with E-state index in [-0.39, 0.29) is 17.2 Å². The van der Waals surface area contributed by atoms with Gasteiger partial charge in [0.25, 0.3) is 5.56 Å². The van der Waals surface area contributed by atoms with Crippen molar-refractivity contribution in [2.45, 2.75) is 25.3 Å². The summed E-state index contributed by atoms with van der Waals surface area (Å²) in [5, 5.41) is 0.476. The second kappa shape index (κ2) is 7.08. The largest absolute Gasteiger partial charge is 0.332 e. The lowest BCUT2D eigenvalue weighted by atomic mass is 9.94. The number of rotatable bonds is 3. The van der Waals surface area contributed by atoms with Crippen molar-refractivity contribution in [1.82, 2.24) is 24.0 Å². The number of aromatic nitrogens is 4. The molecule has 7 heteroatoms. The topological polar surface area (TPSA) is 73.0 Å². The Balaban J connectivity index is 1.64. The number of hydrogen-bond donors (Lipinski definition) is 0. The van der Waals surface area contributed by atoms with Crippen molar-refractivity contribution in [1.29, 1.82) is 0 Å². The number of piperidine rings is 1. The molecule has 3 aromatic heterocycles. The molecule has 0 bridgehead atoms. The molecule has 0 spiro atoms. The summed E-state index contributed by atoms with van der Waals surface area (Å²) in [6.45, 7) is 2.76. The number of nitrogens with zero attached hydrogens (tertiary/aromatic N) is 5. The van der Waals surface area contributed by atoms with Crippen LogP contribution in [0.2, 0.25) is 0 Å². The zero-order valence-corrected chi connectivity index (χ0v) is 15.6. The quantitative estimate of drug-likeness (QED) is 0.702. The molecular weight excluding hydrogens is 342 g/mol. The van der Waals surface area contributed by atoms with Gasteiger partial charge >= 0.3 is 5.69 Å². The van der Waals surface area contributed by atoms with E-state index in [1.807, 2.05) is 30.5 Å². The van der Waals surface area contributed by atoms with Crippen LogP contribution in [0, 0.1) is 0 Å². The van der Waals surface area contributed by atoms with Crippen molar-refractivity contribution in [3.8, 4) is 0 Å². The molecule has 0 amide bonds. The standard InChI is InChI=1S/C20H23N5O2/c1-23-18-16(19(26)24(2)20(23)27)8-9-17(22-18)14-6-5-11-25(12-14)13-15-7-3-4-10-21-15/h3-4,7-10,14H,5-6,11-13H2,1-2H3. The molecule has 0 aromatic carbocycles. The predicted octanol–water partition coefficient (Wildman–Crippen LogP) is 1.41. The van der Waals surface area contributed by atoms with Crippen LogP contribution in [0.3, 0.4) is 0 Å². The molecule has 4 rings (SSSR count). The summed E-state index contributed by atoms with van der Waals surface area (Å²) in [4.78, 5) is 36.1. The first-order valence-corrected chi connectivity index (χ1v) is 9.23. The van der Waals surface area contributed by atoms with Crippen molar-refractivity contribution in [2.24, 2.45) is 14.1 Å². The molecule has 1 fully saturated rings. The number of hydrogen-bond acceptors (Lipinski definition) is 5. The lowest BCUT2D eigenvalue weighted by Gasteiger charge is -2.32. The molecule has 1 unspecified atom stereocenters. The maximum atomic E-state index is 12.3. The van der Waals surface area contributed by atoms with Crippen LogP contribution in [-0.4, -0.2) is 37.1 Å². The summed E-state index contributed by atoms with van der Waals surface area (Å²) >= 11 is 0. The van der Waals surface area contributed by atoms with E-state index in [9.17, 15) is 9.59 Å². The predicted molar refractivity (Wildman–Crippen MR) is 104 cm³/mol. The van der Waals surface area contributed by atoms with Crippen LogP contribution in [0.1, 0.15) is 30.1 Å². The highest BCUT2D eigenvalue weighted by molar-refractivity contribution is 5.74. The average Bonchev–Trinajstić information content (AvgIpc) is 2.71. The first kappa shape index (κ1) is 17.6. The van der Waals surface area contributed by atoms with Crippen LogP contribution in [0.25, 0.3) is 11.0 Å². The van der Waals surface area contributed by atoms with Gasteiger partial charge in [-0.05, 0) is 43.7 Å². The monoisotopic (exact) mass is 365 g/mol. The van der Waals surface area contributed by atoms with Crippen LogP contribution >= 0.6 is 0 Å². The summed E-state index contributed by atoms with van der Waals surface area (Å²) in [7, 11) is 3.16. The van der Waals surface area contributed by atoms with Crippen molar-refractivity contribution >= 4 is 11.0 Å². The van der Waals surface area contributed by atoms with Gasteiger partial charge in [-0.1, -0.05) is 6.07 Å². The van der Waals surface area contributed by atoms with Gasteiger partial charge < -0.3 is 0 Å². The normalized spacial score (nSPS) is 18.1. The molecular formula is C20H23N5O2. The second-order valence-electron chi connectivity index (χ2n) is 7.21. The second-order valence-corrected chi connectivity index (χ2v) is 7.21. The molecule has 4 heterocycles. The Morgan fingerprint density at radius 1 is 1.11 bits per heavy atom. The minimum absolute atomic E-state index is 0.283. The minimum atomic E-state index is -0.349. The van der Waals surface area contributed by atoms with E-state index >= 15 is 0 Å². The Hall–Kier alpha value is -2.80. The molecule has 1 saturated heterocycles. The van der Waals surface area contributed by atoms with Crippen LogP contribution in [0.5, 0.6) is 0 Å². The van der Waals surface area contributed by atoms with Gasteiger partial charge in [0.2, 0.25) is 0 Å². The summed E-state index contributed by atoms with van der Waals surface area (Å²) in [6.07, 6.45) is 3.96. The fourth-order valence-electron chi connectivity index (χ4n) is 3.86. The summed E-state index contributed by atoms with van der Waals surface area (Å²) in [5.74, 6) is 0.283. The van der Waals surface area contributed by atoms with E-state index < -0.39 is 0 Å². The number of likely N-dealkylation sites (tertiary alicyclic amines) is 1. The molecule has 0 N–H and O–H groups in total. The summed E-state index contributed by atoms with van der Waals surface area (Å²) in [6, 6.07) is 9.72. The lowest BCUT2D eigenvalue weighted by Crippen LogP contribution is -2.38. The first-order valence-electron chi connectivity index (χ1n) is 9.23. The molecule has 27 heavy (non-hydrogen) atoms. The summed E-state index contributed by atoms with van der Waals surface area (Å²) in [5.41, 5.74) is 1.82. The number of pyridine rings is 2. The smallest absolute Gasteiger partial charge is 0.297 e. The Kier molecular flexibility index (Phi) is 4.61. The van der Waals surface area contributed by atoms with Crippen molar-refractivity contribution in [3.05, 3.63) is 68.8 Å². The third kappa shape index (κ3) is 3.30. The van der Waals surface area contributed by atoms with E-state index in [1.165, 1.54) is 11.6 Å².